The zero-order chi connectivity index (χ0) is 11.5. The van der Waals surface area contributed by atoms with Gasteiger partial charge in [0.2, 0.25) is 0 Å². The van der Waals surface area contributed by atoms with Gasteiger partial charge < -0.3 is 5.73 Å². The Bertz CT molecular complexity index is 497. The van der Waals surface area contributed by atoms with E-state index in [9.17, 15) is 0 Å². The molecule has 1 aromatic carbocycles. The molecule has 0 saturated heterocycles. The molecule has 1 aromatic heterocycles. The number of nitrogens with zero attached hydrogens (tertiary/aromatic N) is 1. The topological polar surface area (TPSA) is 38.9 Å². The standard InChI is InChI=1S/C12H11BrN2S/c1-16-10-4-2-8(3-5-10)9-6-11(13)12(14)15-7-9/h2-7H,1H3,(H2,14,15). The SMILES string of the molecule is CSc1ccc(-c2cnc(N)c(Br)c2)cc1. The van der Waals surface area contributed by atoms with Crippen molar-refractivity contribution in [1.82, 2.24) is 4.98 Å². The molecule has 0 atom stereocenters. The molecule has 0 bridgehead atoms. The summed E-state index contributed by atoms with van der Waals surface area (Å²) in [6.45, 7) is 0. The number of nitrogens with two attached hydrogens (primary N) is 1. The smallest absolute Gasteiger partial charge is 0.137 e. The molecular formula is C12H11BrN2S. The van der Waals surface area contributed by atoms with Crippen molar-refractivity contribution in [2.45, 2.75) is 4.90 Å². The second-order valence-electron chi connectivity index (χ2n) is 3.32. The van der Waals surface area contributed by atoms with Gasteiger partial charge in [-0.1, -0.05) is 12.1 Å². The first-order valence-corrected chi connectivity index (χ1v) is 6.78. The minimum atomic E-state index is 0.518. The van der Waals surface area contributed by atoms with Crippen molar-refractivity contribution in [1.29, 1.82) is 0 Å². The predicted molar refractivity (Wildman–Crippen MR) is 73.6 cm³/mol. The zero-order valence-corrected chi connectivity index (χ0v) is 11.2. The number of pyridine rings is 1. The minimum Gasteiger partial charge on any atom is -0.383 e. The molecule has 2 N–H and O–H groups in total. The van der Waals surface area contributed by atoms with Gasteiger partial charge in [0, 0.05) is 16.7 Å². The molecule has 2 aromatic rings. The van der Waals surface area contributed by atoms with Gasteiger partial charge >= 0.3 is 0 Å². The Morgan fingerprint density at radius 1 is 1.19 bits per heavy atom. The van der Waals surface area contributed by atoms with Crippen LogP contribution in [0.2, 0.25) is 0 Å². The second kappa shape index (κ2) is 4.89. The van der Waals surface area contributed by atoms with Gasteiger partial charge in [0.15, 0.2) is 0 Å². The molecule has 0 saturated carbocycles. The third-order valence-corrected chi connectivity index (χ3v) is 3.67. The van der Waals surface area contributed by atoms with E-state index in [1.165, 1.54) is 4.90 Å². The highest BCUT2D eigenvalue weighted by Gasteiger charge is 2.02. The van der Waals surface area contributed by atoms with Gasteiger partial charge in [0.1, 0.15) is 5.82 Å². The number of rotatable bonds is 2. The van der Waals surface area contributed by atoms with Crippen molar-refractivity contribution in [3.63, 3.8) is 0 Å². The van der Waals surface area contributed by atoms with Crippen molar-refractivity contribution in [3.05, 3.63) is 41.0 Å². The summed E-state index contributed by atoms with van der Waals surface area (Å²) in [6.07, 6.45) is 3.85. The van der Waals surface area contributed by atoms with Crippen molar-refractivity contribution >= 4 is 33.5 Å². The molecule has 0 amide bonds. The van der Waals surface area contributed by atoms with Crippen LogP contribution in [0.5, 0.6) is 0 Å². The Kier molecular flexibility index (Phi) is 3.51. The predicted octanol–water partition coefficient (Wildman–Crippen LogP) is 3.82. The molecule has 0 radical (unpaired) electrons. The Hall–Kier alpha value is -1.00. The van der Waals surface area contributed by atoms with E-state index in [1.807, 2.05) is 6.07 Å². The molecule has 2 nitrogen and oxygen atoms in total. The number of hydrogen-bond acceptors (Lipinski definition) is 3. The first kappa shape index (κ1) is 11.5. The summed E-state index contributed by atoms with van der Waals surface area (Å²) in [4.78, 5) is 5.38. The number of benzene rings is 1. The third kappa shape index (κ3) is 2.39. The molecule has 1 heterocycles. The first-order chi connectivity index (χ1) is 7.70. The van der Waals surface area contributed by atoms with Crippen LogP contribution < -0.4 is 5.73 Å². The number of halogens is 1. The number of aromatic nitrogens is 1. The maximum atomic E-state index is 5.65. The van der Waals surface area contributed by atoms with Gasteiger partial charge in [-0.2, -0.15) is 0 Å². The van der Waals surface area contributed by atoms with Crippen molar-refractivity contribution in [2.75, 3.05) is 12.0 Å². The fourth-order valence-corrected chi connectivity index (χ4v) is 2.15. The highest BCUT2D eigenvalue weighted by molar-refractivity contribution is 9.10. The molecule has 0 fully saturated rings. The van der Waals surface area contributed by atoms with Crippen LogP contribution >= 0.6 is 27.7 Å². The van der Waals surface area contributed by atoms with Gasteiger partial charge in [-0.05, 0) is 45.9 Å². The largest absolute Gasteiger partial charge is 0.383 e. The molecule has 82 valence electrons. The van der Waals surface area contributed by atoms with E-state index in [0.29, 0.717) is 5.82 Å². The fraction of sp³-hybridized carbons (Fsp3) is 0.0833. The van der Waals surface area contributed by atoms with E-state index in [-0.39, 0.29) is 0 Å². The number of hydrogen-bond donors (Lipinski definition) is 1. The normalized spacial score (nSPS) is 10.4. The van der Waals surface area contributed by atoms with Crippen molar-refractivity contribution in [2.24, 2.45) is 0 Å². The van der Waals surface area contributed by atoms with Crippen LogP contribution in [-0.2, 0) is 0 Å². The van der Waals surface area contributed by atoms with Crippen LogP contribution in [0.4, 0.5) is 5.82 Å². The maximum Gasteiger partial charge on any atom is 0.137 e. The lowest BCUT2D eigenvalue weighted by Crippen LogP contribution is -1.91. The minimum absolute atomic E-state index is 0.518. The van der Waals surface area contributed by atoms with E-state index in [1.54, 1.807) is 18.0 Å². The van der Waals surface area contributed by atoms with Crippen LogP contribution in [0.1, 0.15) is 0 Å². The summed E-state index contributed by atoms with van der Waals surface area (Å²) in [5.74, 6) is 0.518. The van der Waals surface area contributed by atoms with Crippen LogP contribution in [0, 0.1) is 0 Å². The van der Waals surface area contributed by atoms with E-state index in [0.717, 1.165) is 15.6 Å². The first-order valence-electron chi connectivity index (χ1n) is 4.76. The highest BCUT2D eigenvalue weighted by Crippen LogP contribution is 2.26. The van der Waals surface area contributed by atoms with Crippen molar-refractivity contribution in [3.8, 4) is 11.1 Å². The maximum absolute atomic E-state index is 5.65. The van der Waals surface area contributed by atoms with Crippen LogP contribution in [0.25, 0.3) is 11.1 Å². The zero-order valence-electron chi connectivity index (χ0n) is 8.77. The molecule has 16 heavy (non-hydrogen) atoms. The number of thioether (sulfide) groups is 1. The highest BCUT2D eigenvalue weighted by atomic mass is 79.9. The Morgan fingerprint density at radius 2 is 1.88 bits per heavy atom. The average Bonchev–Trinajstić information content (AvgIpc) is 2.33. The molecule has 0 aliphatic heterocycles. The monoisotopic (exact) mass is 294 g/mol. The summed E-state index contributed by atoms with van der Waals surface area (Å²) >= 11 is 5.11. The lowest BCUT2D eigenvalue weighted by atomic mass is 10.1. The molecule has 0 aliphatic rings. The van der Waals surface area contributed by atoms with E-state index >= 15 is 0 Å². The quantitative estimate of drug-likeness (QED) is 0.856. The number of anilines is 1. The Labute approximate surface area is 107 Å². The second-order valence-corrected chi connectivity index (χ2v) is 5.05. The summed E-state index contributed by atoms with van der Waals surface area (Å²) in [5.41, 5.74) is 7.86. The molecule has 0 aliphatic carbocycles. The van der Waals surface area contributed by atoms with Crippen LogP contribution in [0.15, 0.2) is 45.9 Å². The lowest BCUT2D eigenvalue weighted by molar-refractivity contribution is 1.31. The van der Waals surface area contributed by atoms with E-state index in [2.05, 4.69) is 51.4 Å². The van der Waals surface area contributed by atoms with Crippen LogP contribution in [0.3, 0.4) is 0 Å². The van der Waals surface area contributed by atoms with Gasteiger partial charge in [-0.25, -0.2) is 4.98 Å². The molecule has 4 heteroatoms. The van der Waals surface area contributed by atoms with E-state index < -0.39 is 0 Å². The molecule has 2 rings (SSSR count). The van der Waals surface area contributed by atoms with Gasteiger partial charge in [0.05, 0.1) is 4.47 Å². The summed E-state index contributed by atoms with van der Waals surface area (Å²) in [5, 5.41) is 0. The molecular weight excluding hydrogens is 284 g/mol. The average molecular weight is 295 g/mol. The summed E-state index contributed by atoms with van der Waals surface area (Å²) in [6, 6.07) is 10.4. The molecule has 0 unspecified atom stereocenters. The Balaban J connectivity index is 2.38. The van der Waals surface area contributed by atoms with Gasteiger partial charge in [0.25, 0.3) is 0 Å². The summed E-state index contributed by atoms with van der Waals surface area (Å²) in [7, 11) is 0. The molecule has 0 spiro atoms. The van der Waals surface area contributed by atoms with Gasteiger partial charge in [-0.3, -0.25) is 0 Å². The van der Waals surface area contributed by atoms with Crippen molar-refractivity contribution < 1.29 is 0 Å². The Morgan fingerprint density at radius 3 is 2.44 bits per heavy atom. The van der Waals surface area contributed by atoms with Gasteiger partial charge in [-0.15, -0.1) is 11.8 Å². The number of nitrogen functional groups attached to an aromatic ring is 1. The van der Waals surface area contributed by atoms with E-state index in [4.69, 9.17) is 5.73 Å². The lowest BCUT2D eigenvalue weighted by Gasteiger charge is -2.04. The summed E-state index contributed by atoms with van der Waals surface area (Å²) < 4.78 is 0.832. The fourth-order valence-electron chi connectivity index (χ4n) is 1.39. The third-order valence-electron chi connectivity index (χ3n) is 2.29. The van der Waals surface area contributed by atoms with Crippen LogP contribution in [-0.4, -0.2) is 11.2 Å².